The van der Waals surface area contributed by atoms with Crippen LogP contribution in [0.1, 0.15) is 25.7 Å². The highest BCUT2D eigenvalue weighted by molar-refractivity contribution is 6.31. The molecule has 0 aliphatic rings. The van der Waals surface area contributed by atoms with Crippen molar-refractivity contribution >= 4 is 39.1 Å². The molecular formula is C24H34ClN5O. The van der Waals surface area contributed by atoms with Gasteiger partial charge in [-0.25, -0.2) is 4.98 Å². The first-order chi connectivity index (χ1) is 15.2. The van der Waals surface area contributed by atoms with E-state index in [1.807, 2.05) is 36.4 Å². The third-order valence-corrected chi connectivity index (χ3v) is 5.53. The van der Waals surface area contributed by atoms with Gasteiger partial charge in [-0.05, 0) is 94.8 Å². The number of nitrogens with one attached hydrogen (secondary N) is 3. The Hall–Kier alpha value is -2.12. The molecule has 0 aliphatic carbocycles. The second-order valence-electron chi connectivity index (χ2n) is 7.66. The zero-order chi connectivity index (χ0) is 21.9. The summed E-state index contributed by atoms with van der Waals surface area (Å²) >= 11 is 6.20. The van der Waals surface area contributed by atoms with Gasteiger partial charge in [-0.3, -0.25) is 0 Å². The van der Waals surface area contributed by atoms with Crippen molar-refractivity contribution in [3.8, 4) is 5.75 Å². The number of ether oxygens (including phenoxy) is 1. The molecule has 6 nitrogen and oxygen atoms in total. The number of hydrogen-bond acceptors (Lipinski definition) is 6. The number of halogens is 1. The van der Waals surface area contributed by atoms with Crippen LogP contribution in [0.5, 0.6) is 5.75 Å². The minimum Gasteiger partial charge on any atom is -0.497 e. The van der Waals surface area contributed by atoms with Crippen LogP contribution in [0.3, 0.4) is 0 Å². The largest absolute Gasteiger partial charge is 0.497 e. The Kier molecular flexibility index (Phi) is 9.62. The molecule has 0 fully saturated rings. The summed E-state index contributed by atoms with van der Waals surface area (Å²) in [5.74, 6) is 0.824. The monoisotopic (exact) mass is 443 g/mol. The Morgan fingerprint density at radius 3 is 2.32 bits per heavy atom. The van der Waals surface area contributed by atoms with Crippen LogP contribution in [-0.4, -0.2) is 51.4 Å². The molecular weight excluding hydrogens is 410 g/mol. The van der Waals surface area contributed by atoms with E-state index in [2.05, 4.69) is 16.0 Å². The maximum Gasteiger partial charge on any atom is 0.119 e. The number of rotatable bonds is 14. The van der Waals surface area contributed by atoms with Crippen LogP contribution < -0.4 is 26.4 Å². The van der Waals surface area contributed by atoms with E-state index >= 15 is 0 Å². The fraction of sp³-hybridized carbons (Fsp3) is 0.458. The second kappa shape index (κ2) is 12.7. The van der Waals surface area contributed by atoms with Gasteiger partial charge in [0.2, 0.25) is 0 Å². The first kappa shape index (κ1) is 23.5. The van der Waals surface area contributed by atoms with Gasteiger partial charge in [0.05, 0.1) is 23.8 Å². The van der Waals surface area contributed by atoms with Crippen LogP contribution in [0.25, 0.3) is 21.8 Å². The second-order valence-corrected chi connectivity index (χ2v) is 8.10. The topological polar surface area (TPSA) is 84.2 Å². The average molecular weight is 444 g/mol. The molecule has 0 atom stereocenters. The van der Waals surface area contributed by atoms with Gasteiger partial charge in [0.15, 0.2) is 0 Å². The maximum absolute atomic E-state index is 6.20. The quantitative estimate of drug-likeness (QED) is 0.221. The van der Waals surface area contributed by atoms with Crippen molar-refractivity contribution in [2.24, 2.45) is 5.73 Å². The number of unbranched alkanes of at least 4 members (excludes halogenated alkanes) is 1. The van der Waals surface area contributed by atoms with E-state index in [1.54, 1.807) is 7.11 Å². The number of benzene rings is 2. The molecule has 1 heterocycles. The van der Waals surface area contributed by atoms with Gasteiger partial charge in [0.25, 0.3) is 0 Å². The van der Waals surface area contributed by atoms with Crippen LogP contribution >= 0.6 is 11.6 Å². The lowest BCUT2D eigenvalue weighted by molar-refractivity contribution is 0.415. The molecule has 31 heavy (non-hydrogen) atoms. The van der Waals surface area contributed by atoms with Crippen molar-refractivity contribution < 1.29 is 4.74 Å². The van der Waals surface area contributed by atoms with Crippen LogP contribution in [0.4, 0.5) is 5.69 Å². The molecule has 0 amide bonds. The summed E-state index contributed by atoms with van der Waals surface area (Å²) in [6, 6.07) is 11.8. The van der Waals surface area contributed by atoms with E-state index in [0.717, 1.165) is 85.4 Å². The summed E-state index contributed by atoms with van der Waals surface area (Å²) in [4.78, 5) is 4.78. The fourth-order valence-corrected chi connectivity index (χ4v) is 3.78. The molecule has 0 saturated heterocycles. The van der Waals surface area contributed by atoms with Crippen molar-refractivity contribution in [1.82, 2.24) is 15.6 Å². The minimum absolute atomic E-state index is 0.692. The Balaban J connectivity index is 1.52. The van der Waals surface area contributed by atoms with E-state index in [1.165, 1.54) is 12.8 Å². The molecule has 1 aromatic heterocycles. The fourth-order valence-electron chi connectivity index (χ4n) is 3.62. The summed E-state index contributed by atoms with van der Waals surface area (Å²) in [5.41, 5.74) is 8.39. The highest BCUT2D eigenvalue weighted by Crippen LogP contribution is 2.34. The van der Waals surface area contributed by atoms with Crippen molar-refractivity contribution in [2.45, 2.75) is 25.7 Å². The molecule has 0 radical (unpaired) electrons. The molecule has 0 spiro atoms. The van der Waals surface area contributed by atoms with Crippen LogP contribution in [0.15, 0.2) is 36.4 Å². The zero-order valence-corrected chi connectivity index (χ0v) is 19.1. The normalized spacial score (nSPS) is 11.3. The number of nitrogens with two attached hydrogens (primary N) is 1. The predicted octanol–water partition coefficient (Wildman–Crippen LogP) is 4.16. The Morgan fingerprint density at radius 1 is 0.839 bits per heavy atom. The SMILES string of the molecule is COc1ccc2nc3cc(Cl)ccc3c(NCCCNCCCCNCCCN)c2c1. The first-order valence-corrected chi connectivity index (χ1v) is 11.5. The van der Waals surface area contributed by atoms with E-state index in [9.17, 15) is 0 Å². The van der Waals surface area contributed by atoms with Gasteiger partial charge in [0, 0.05) is 22.3 Å². The van der Waals surface area contributed by atoms with Crippen LogP contribution in [0.2, 0.25) is 5.02 Å². The third kappa shape index (κ3) is 6.94. The third-order valence-electron chi connectivity index (χ3n) is 5.29. The van der Waals surface area contributed by atoms with Gasteiger partial charge in [-0.15, -0.1) is 0 Å². The first-order valence-electron chi connectivity index (χ1n) is 11.2. The summed E-state index contributed by atoms with van der Waals surface area (Å²) in [5, 5.41) is 13.4. The number of hydrogen-bond donors (Lipinski definition) is 4. The zero-order valence-electron chi connectivity index (χ0n) is 18.3. The van der Waals surface area contributed by atoms with E-state index < -0.39 is 0 Å². The standard InChI is InChI=1S/C24H34ClN5O/c1-31-19-7-9-22-21(17-19)24(20-8-6-18(25)16-23(20)30-22)29-15-5-14-28-12-3-2-11-27-13-4-10-26/h6-9,16-17,27-28H,2-5,10-15,26H2,1H3,(H,29,30). The highest BCUT2D eigenvalue weighted by atomic mass is 35.5. The lowest BCUT2D eigenvalue weighted by Crippen LogP contribution is -2.22. The Labute approximate surface area is 189 Å². The molecule has 7 heteroatoms. The molecule has 3 aromatic rings. The van der Waals surface area contributed by atoms with Crippen molar-refractivity contribution in [2.75, 3.05) is 51.7 Å². The number of fused-ring (bicyclic) bond motifs is 2. The number of pyridine rings is 1. The average Bonchev–Trinajstić information content (AvgIpc) is 2.78. The number of aromatic nitrogens is 1. The van der Waals surface area contributed by atoms with Crippen molar-refractivity contribution in [3.63, 3.8) is 0 Å². The van der Waals surface area contributed by atoms with E-state index in [4.69, 9.17) is 27.1 Å². The Bertz CT molecular complexity index is 966. The summed E-state index contributed by atoms with van der Waals surface area (Å²) < 4.78 is 5.43. The predicted molar refractivity (Wildman–Crippen MR) is 133 cm³/mol. The number of anilines is 1. The Morgan fingerprint density at radius 2 is 1.58 bits per heavy atom. The lowest BCUT2D eigenvalue weighted by Gasteiger charge is -2.14. The summed E-state index contributed by atoms with van der Waals surface area (Å²) in [6.07, 6.45) is 4.46. The lowest BCUT2D eigenvalue weighted by atomic mass is 10.1. The maximum atomic E-state index is 6.20. The number of methoxy groups -OCH3 is 1. The minimum atomic E-state index is 0.692. The van der Waals surface area contributed by atoms with E-state index in [0.29, 0.717) is 5.02 Å². The number of nitrogens with zero attached hydrogens (tertiary/aromatic N) is 1. The van der Waals surface area contributed by atoms with Crippen molar-refractivity contribution in [3.05, 3.63) is 41.4 Å². The van der Waals surface area contributed by atoms with Crippen LogP contribution in [0, 0.1) is 0 Å². The molecule has 0 bridgehead atoms. The molecule has 2 aromatic carbocycles. The highest BCUT2D eigenvalue weighted by Gasteiger charge is 2.10. The molecule has 5 N–H and O–H groups in total. The van der Waals surface area contributed by atoms with E-state index in [-0.39, 0.29) is 0 Å². The van der Waals surface area contributed by atoms with Crippen LogP contribution in [-0.2, 0) is 0 Å². The van der Waals surface area contributed by atoms with Crippen molar-refractivity contribution in [1.29, 1.82) is 0 Å². The summed E-state index contributed by atoms with van der Waals surface area (Å²) in [6.45, 7) is 5.76. The van der Waals surface area contributed by atoms with Gasteiger partial charge in [0.1, 0.15) is 5.75 Å². The van der Waals surface area contributed by atoms with Gasteiger partial charge >= 0.3 is 0 Å². The van der Waals surface area contributed by atoms with Gasteiger partial charge < -0.3 is 26.4 Å². The molecule has 3 rings (SSSR count). The molecule has 0 unspecified atom stereocenters. The molecule has 0 aliphatic heterocycles. The molecule has 0 saturated carbocycles. The summed E-state index contributed by atoms with van der Waals surface area (Å²) in [7, 11) is 1.68. The van der Waals surface area contributed by atoms with Gasteiger partial charge in [-0.2, -0.15) is 0 Å². The van der Waals surface area contributed by atoms with Gasteiger partial charge in [-0.1, -0.05) is 11.6 Å². The molecule has 168 valence electrons. The smallest absolute Gasteiger partial charge is 0.119 e.